The third-order valence-corrected chi connectivity index (χ3v) is 4.03. The maximum Gasteiger partial charge on any atom is 0.294 e. The largest absolute Gasteiger partial charge is 0.294 e. The maximum atomic E-state index is 14.2. The van der Waals surface area contributed by atoms with Gasteiger partial charge in [-0.2, -0.15) is 8.42 Å². The molecule has 0 aliphatic rings. The maximum absolute atomic E-state index is 14.2. The molecule has 2 aromatic carbocycles. The van der Waals surface area contributed by atoms with Gasteiger partial charge >= 0.3 is 0 Å². The lowest BCUT2D eigenvalue weighted by Gasteiger charge is -2.08. The molecule has 0 spiro atoms. The third-order valence-electron chi connectivity index (χ3n) is 3.18. The molecular formula is C15H12F2O4S. The first-order valence-electron chi connectivity index (χ1n) is 6.34. The van der Waals surface area contributed by atoms with Crippen LogP contribution in [-0.4, -0.2) is 18.8 Å². The minimum atomic E-state index is -4.48. The van der Waals surface area contributed by atoms with E-state index in [1.54, 1.807) is 6.92 Å². The van der Waals surface area contributed by atoms with Crippen LogP contribution in [0.3, 0.4) is 0 Å². The van der Waals surface area contributed by atoms with E-state index in [2.05, 4.69) is 0 Å². The molecule has 0 saturated carbocycles. The molecule has 0 saturated heterocycles. The highest BCUT2D eigenvalue weighted by atomic mass is 32.2. The van der Waals surface area contributed by atoms with Crippen molar-refractivity contribution in [3.8, 4) is 0 Å². The molecule has 4 nitrogen and oxygen atoms in total. The quantitative estimate of drug-likeness (QED) is 0.692. The number of halogens is 2. The van der Waals surface area contributed by atoms with Crippen molar-refractivity contribution in [1.82, 2.24) is 0 Å². The number of carbonyl (C=O) groups excluding carboxylic acids is 1. The topological polar surface area (TPSA) is 71.4 Å². The standard InChI is InChI=1S/C15H12F2O4S/c1-2-11-13(16)7-6-12(14(11)17)15(18)9-4-3-5-10(8-9)22(19,20)21/h3-8H,2H2,1H3,(H,19,20,21). The Morgan fingerprint density at radius 3 is 2.45 bits per heavy atom. The van der Waals surface area contributed by atoms with Crippen molar-refractivity contribution in [3.63, 3.8) is 0 Å². The van der Waals surface area contributed by atoms with E-state index in [4.69, 9.17) is 4.55 Å². The average molecular weight is 326 g/mol. The molecule has 0 unspecified atom stereocenters. The van der Waals surface area contributed by atoms with Crippen molar-refractivity contribution in [2.45, 2.75) is 18.2 Å². The van der Waals surface area contributed by atoms with E-state index in [1.165, 1.54) is 12.1 Å². The fraction of sp³-hybridized carbons (Fsp3) is 0.133. The summed E-state index contributed by atoms with van der Waals surface area (Å²) in [5, 5.41) is 0. The summed E-state index contributed by atoms with van der Waals surface area (Å²) in [4.78, 5) is 11.8. The number of benzene rings is 2. The first-order chi connectivity index (χ1) is 10.3. The van der Waals surface area contributed by atoms with Crippen LogP contribution in [0, 0.1) is 11.6 Å². The van der Waals surface area contributed by atoms with Gasteiger partial charge in [0.25, 0.3) is 10.1 Å². The Balaban J connectivity index is 2.54. The smallest absolute Gasteiger partial charge is 0.288 e. The van der Waals surface area contributed by atoms with E-state index < -0.39 is 32.4 Å². The van der Waals surface area contributed by atoms with Crippen LogP contribution >= 0.6 is 0 Å². The zero-order valence-electron chi connectivity index (χ0n) is 11.5. The molecule has 1 N–H and O–H groups in total. The molecule has 0 amide bonds. The van der Waals surface area contributed by atoms with E-state index in [-0.39, 0.29) is 23.1 Å². The molecule has 0 heterocycles. The Morgan fingerprint density at radius 2 is 1.86 bits per heavy atom. The number of rotatable bonds is 4. The van der Waals surface area contributed by atoms with Crippen molar-refractivity contribution >= 4 is 15.9 Å². The second-order valence-electron chi connectivity index (χ2n) is 4.57. The summed E-state index contributed by atoms with van der Waals surface area (Å²) in [7, 11) is -4.48. The van der Waals surface area contributed by atoms with Gasteiger partial charge in [0.1, 0.15) is 11.6 Å². The fourth-order valence-corrected chi connectivity index (χ4v) is 2.58. The zero-order valence-corrected chi connectivity index (χ0v) is 12.3. The number of hydrogen-bond acceptors (Lipinski definition) is 3. The molecule has 116 valence electrons. The number of hydrogen-bond donors (Lipinski definition) is 1. The molecule has 0 bridgehead atoms. The van der Waals surface area contributed by atoms with Gasteiger partial charge in [0, 0.05) is 11.1 Å². The van der Waals surface area contributed by atoms with Crippen molar-refractivity contribution in [3.05, 3.63) is 64.7 Å². The minimum Gasteiger partial charge on any atom is -0.288 e. The van der Waals surface area contributed by atoms with Gasteiger partial charge in [-0.25, -0.2) is 8.78 Å². The van der Waals surface area contributed by atoms with Crippen molar-refractivity contribution in [2.24, 2.45) is 0 Å². The third kappa shape index (κ3) is 3.05. The molecular weight excluding hydrogens is 314 g/mol. The van der Waals surface area contributed by atoms with Gasteiger partial charge in [-0.05, 0) is 30.7 Å². The Morgan fingerprint density at radius 1 is 1.18 bits per heavy atom. The predicted octanol–water partition coefficient (Wildman–Crippen LogP) is 3.00. The predicted molar refractivity (Wildman–Crippen MR) is 75.4 cm³/mol. The van der Waals surface area contributed by atoms with E-state index in [1.807, 2.05) is 0 Å². The van der Waals surface area contributed by atoms with Crippen LogP contribution in [0.2, 0.25) is 0 Å². The second kappa shape index (κ2) is 5.94. The number of carbonyl (C=O) groups is 1. The molecule has 0 aliphatic carbocycles. The summed E-state index contributed by atoms with van der Waals surface area (Å²) < 4.78 is 58.8. The highest BCUT2D eigenvalue weighted by Gasteiger charge is 2.20. The van der Waals surface area contributed by atoms with E-state index in [0.29, 0.717) is 0 Å². The monoisotopic (exact) mass is 326 g/mol. The minimum absolute atomic E-state index is 0.0733. The van der Waals surface area contributed by atoms with Crippen LogP contribution in [0.5, 0.6) is 0 Å². The van der Waals surface area contributed by atoms with E-state index in [0.717, 1.165) is 24.3 Å². The highest BCUT2D eigenvalue weighted by Crippen LogP contribution is 2.21. The molecule has 0 aromatic heterocycles. The lowest BCUT2D eigenvalue weighted by Crippen LogP contribution is -2.09. The van der Waals surface area contributed by atoms with Crippen LogP contribution in [0.1, 0.15) is 28.4 Å². The van der Waals surface area contributed by atoms with Gasteiger partial charge in [-0.15, -0.1) is 0 Å². The van der Waals surface area contributed by atoms with Gasteiger partial charge in [0.15, 0.2) is 5.78 Å². The zero-order chi connectivity index (χ0) is 16.5. The van der Waals surface area contributed by atoms with Gasteiger partial charge in [0.05, 0.1) is 10.5 Å². The van der Waals surface area contributed by atoms with Crippen LogP contribution in [-0.2, 0) is 16.5 Å². The van der Waals surface area contributed by atoms with Gasteiger partial charge < -0.3 is 0 Å². The van der Waals surface area contributed by atoms with Gasteiger partial charge in [-0.3, -0.25) is 9.35 Å². The van der Waals surface area contributed by atoms with E-state index >= 15 is 0 Å². The Bertz CT molecular complexity index is 845. The highest BCUT2D eigenvalue weighted by molar-refractivity contribution is 7.85. The molecule has 22 heavy (non-hydrogen) atoms. The van der Waals surface area contributed by atoms with Crippen LogP contribution in [0.15, 0.2) is 41.3 Å². The SMILES string of the molecule is CCc1c(F)ccc(C(=O)c2cccc(S(=O)(=O)O)c2)c1F. The van der Waals surface area contributed by atoms with Crippen molar-refractivity contribution in [2.75, 3.05) is 0 Å². The van der Waals surface area contributed by atoms with Crippen LogP contribution in [0.25, 0.3) is 0 Å². The summed E-state index contributed by atoms with van der Waals surface area (Å²) in [5.74, 6) is -2.51. The molecule has 0 radical (unpaired) electrons. The van der Waals surface area contributed by atoms with Crippen LogP contribution < -0.4 is 0 Å². The van der Waals surface area contributed by atoms with E-state index in [9.17, 15) is 22.0 Å². The Kier molecular flexibility index (Phi) is 4.39. The first-order valence-corrected chi connectivity index (χ1v) is 7.78. The lowest BCUT2D eigenvalue weighted by molar-refractivity contribution is 0.103. The number of ketones is 1. The second-order valence-corrected chi connectivity index (χ2v) is 5.99. The summed E-state index contributed by atoms with van der Waals surface area (Å²) in [6.45, 7) is 1.55. The lowest BCUT2D eigenvalue weighted by atomic mass is 9.99. The molecule has 7 heteroatoms. The molecule has 2 rings (SSSR count). The molecule has 2 aromatic rings. The Hall–Kier alpha value is -2.12. The van der Waals surface area contributed by atoms with Crippen molar-refractivity contribution in [1.29, 1.82) is 0 Å². The normalized spacial score (nSPS) is 11.5. The fourth-order valence-electron chi connectivity index (χ4n) is 2.05. The molecule has 0 atom stereocenters. The van der Waals surface area contributed by atoms with Crippen molar-refractivity contribution < 1.29 is 26.5 Å². The summed E-state index contributed by atoms with van der Waals surface area (Å²) in [6.07, 6.45) is 0.0733. The summed E-state index contributed by atoms with van der Waals surface area (Å²) in [6, 6.07) is 6.56. The molecule has 0 fully saturated rings. The first kappa shape index (κ1) is 16.3. The summed E-state index contributed by atoms with van der Waals surface area (Å²) >= 11 is 0. The summed E-state index contributed by atoms with van der Waals surface area (Å²) in [5.41, 5.74) is -0.690. The average Bonchev–Trinajstić information content (AvgIpc) is 2.46. The van der Waals surface area contributed by atoms with Gasteiger partial charge in [0.2, 0.25) is 0 Å². The van der Waals surface area contributed by atoms with Crippen LogP contribution in [0.4, 0.5) is 8.78 Å². The molecule has 0 aliphatic heterocycles. The Labute approximate surface area is 126 Å². The van der Waals surface area contributed by atoms with Gasteiger partial charge in [-0.1, -0.05) is 19.1 Å².